The summed E-state index contributed by atoms with van der Waals surface area (Å²) in [5.41, 5.74) is 1.03. The van der Waals surface area contributed by atoms with E-state index in [9.17, 15) is 0 Å². The fraction of sp³-hybridized carbons (Fsp3) is 0.583. The molecular formula is C12H20N2O. The second kappa shape index (κ2) is 5.59. The SMILES string of the molecule is CC(C)COc1ccc(NC(C)C)cn1. The van der Waals surface area contributed by atoms with Crippen molar-refractivity contribution in [1.29, 1.82) is 0 Å². The maximum absolute atomic E-state index is 5.49. The smallest absolute Gasteiger partial charge is 0.213 e. The molecule has 0 fully saturated rings. The van der Waals surface area contributed by atoms with Gasteiger partial charge in [0.25, 0.3) is 0 Å². The van der Waals surface area contributed by atoms with Gasteiger partial charge in [0.05, 0.1) is 18.5 Å². The van der Waals surface area contributed by atoms with Gasteiger partial charge in [0.2, 0.25) is 5.88 Å². The summed E-state index contributed by atoms with van der Waals surface area (Å²) in [5, 5.41) is 3.28. The molecule has 1 N–H and O–H groups in total. The Labute approximate surface area is 91.9 Å². The highest BCUT2D eigenvalue weighted by atomic mass is 16.5. The molecule has 15 heavy (non-hydrogen) atoms. The lowest BCUT2D eigenvalue weighted by Crippen LogP contribution is -2.10. The summed E-state index contributed by atoms with van der Waals surface area (Å²) in [6.45, 7) is 9.15. The third-order valence-electron chi connectivity index (χ3n) is 1.76. The van der Waals surface area contributed by atoms with E-state index in [-0.39, 0.29) is 0 Å². The van der Waals surface area contributed by atoms with Crippen LogP contribution in [0.5, 0.6) is 5.88 Å². The van der Waals surface area contributed by atoms with Gasteiger partial charge >= 0.3 is 0 Å². The Morgan fingerprint density at radius 3 is 2.47 bits per heavy atom. The maximum Gasteiger partial charge on any atom is 0.213 e. The number of pyridine rings is 1. The Bertz CT molecular complexity index is 280. The van der Waals surface area contributed by atoms with Gasteiger partial charge in [0, 0.05) is 12.1 Å². The van der Waals surface area contributed by atoms with E-state index in [0.29, 0.717) is 24.4 Å². The monoisotopic (exact) mass is 208 g/mol. The van der Waals surface area contributed by atoms with Crippen molar-refractivity contribution in [1.82, 2.24) is 4.98 Å². The molecule has 3 nitrogen and oxygen atoms in total. The van der Waals surface area contributed by atoms with Gasteiger partial charge in [-0.1, -0.05) is 13.8 Å². The van der Waals surface area contributed by atoms with Crippen LogP contribution in [0, 0.1) is 5.92 Å². The van der Waals surface area contributed by atoms with Crippen molar-refractivity contribution in [3.63, 3.8) is 0 Å². The predicted octanol–water partition coefficient (Wildman–Crippen LogP) is 2.94. The zero-order chi connectivity index (χ0) is 11.3. The average molecular weight is 208 g/mol. The molecule has 0 aliphatic heterocycles. The molecule has 1 heterocycles. The topological polar surface area (TPSA) is 34.1 Å². The van der Waals surface area contributed by atoms with Gasteiger partial charge in [-0.05, 0) is 25.8 Å². The minimum absolute atomic E-state index is 0.425. The highest BCUT2D eigenvalue weighted by molar-refractivity contribution is 5.42. The van der Waals surface area contributed by atoms with Crippen molar-refractivity contribution < 1.29 is 4.74 Å². The van der Waals surface area contributed by atoms with Crippen LogP contribution in [0.2, 0.25) is 0 Å². The number of rotatable bonds is 5. The lowest BCUT2D eigenvalue weighted by Gasteiger charge is -2.11. The lowest BCUT2D eigenvalue weighted by atomic mass is 10.2. The summed E-state index contributed by atoms with van der Waals surface area (Å²) in [4.78, 5) is 4.22. The van der Waals surface area contributed by atoms with E-state index in [0.717, 1.165) is 5.69 Å². The van der Waals surface area contributed by atoms with Crippen molar-refractivity contribution in [2.24, 2.45) is 5.92 Å². The summed E-state index contributed by atoms with van der Waals surface area (Å²) < 4.78 is 5.49. The molecule has 0 radical (unpaired) electrons. The Hall–Kier alpha value is -1.25. The first-order chi connectivity index (χ1) is 7.08. The van der Waals surface area contributed by atoms with E-state index in [4.69, 9.17) is 4.74 Å². The van der Waals surface area contributed by atoms with Gasteiger partial charge < -0.3 is 10.1 Å². The minimum atomic E-state index is 0.425. The standard InChI is InChI=1S/C12H20N2O/c1-9(2)8-15-12-6-5-11(7-13-12)14-10(3)4/h5-7,9-10,14H,8H2,1-4H3. The highest BCUT2D eigenvalue weighted by Crippen LogP contribution is 2.13. The second-order valence-electron chi connectivity index (χ2n) is 4.39. The van der Waals surface area contributed by atoms with E-state index >= 15 is 0 Å². The van der Waals surface area contributed by atoms with Crippen LogP contribution >= 0.6 is 0 Å². The Morgan fingerprint density at radius 2 is 2.00 bits per heavy atom. The number of nitrogens with one attached hydrogen (secondary N) is 1. The zero-order valence-electron chi connectivity index (χ0n) is 9.95. The van der Waals surface area contributed by atoms with E-state index in [1.165, 1.54) is 0 Å². The van der Waals surface area contributed by atoms with E-state index in [2.05, 4.69) is 38.0 Å². The summed E-state index contributed by atoms with van der Waals surface area (Å²) in [7, 11) is 0. The normalized spacial score (nSPS) is 10.8. The Balaban J connectivity index is 2.49. The second-order valence-corrected chi connectivity index (χ2v) is 4.39. The lowest BCUT2D eigenvalue weighted by molar-refractivity contribution is 0.261. The fourth-order valence-corrected chi connectivity index (χ4v) is 1.14. The summed E-state index contributed by atoms with van der Waals surface area (Å²) in [5.74, 6) is 1.22. The van der Waals surface area contributed by atoms with Gasteiger partial charge in [0.15, 0.2) is 0 Å². The summed E-state index contributed by atoms with van der Waals surface area (Å²) >= 11 is 0. The molecule has 0 aliphatic rings. The third-order valence-corrected chi connectivity index (χ3v) is 1.76. The number of hydrogen-bond acceptors (Lipinski definition) is 3. The Kier molecular flexibility index (Phi) is 4.40. The van der Waals surface area contributed by atoms with Crippen LogP contribution < -0.4 is 10.1 Å². The third kappa shape index (κ3) is 4.68. The summed E-state index contributed by atoms with van der Waals surface area (Å²) in [6, 6.07) is 4.31. The van der Waals surface area contributed by atoms with Crippen molar-refractivity contribution in [2.75, 3.05) is 11.9 Å². The van der Waals surface area contributed by atoms with E-state index in [1.807, 2.05) is 12.1 Å². The predicted molar refractivity (Wildman–Crippen MR) is 63.3 cm³/mol. The minimum Gasteiger partial charge on any atom is -0.477 e. The molecule has 0 amide bonds. The molecular weight excluding hydrogens is 188 g/mol. The van der Waals surface area contributed by atoms with Crippen LogP contribution in [0.25, 0.3) is 0 Å². The highest BCUT2D eigenvalue weighted by Gasteiger charge is 1.99. The molecule has 0 aromatic carbocycles. The first kappa shape index (κ1) is 11.8. The van der Waals surface area contributed by atoms with Crippen LogP contribution in [-0.4, -0.2) is 17.6 Å². The Morgan fingerprint density at radius 1 is 1.27 bits per heavy atom. The molecule has 1 rings (SSSR count). The molecule has 0 unspecified atom stereocenters. The summed E-state index contributed by atoms with van der Waals surface area (Å²) in [6.07, 6.45) is 1.80. The van der Waals surface area contributed by atoms with Crippen LogP contribution in [0.1, 0.15) is 27.7 Å². The number of hydrogen-bond donors (Lipinski definition) is 1. The van der Waals surface area contributed by atoms with Crippen molar-refractivity contribution in [3.05, 3.63) is 18.3 Å². The number of anilines is 1. The zero-order valence-corrected chi connectivity index (χ0v) is 9.95. The first-order valence-electron chi connectivity index (χ1n) is 5.43. The van der Waals surface area contributed by atoms with Crippen LogP contribution in [0.4, 0.5) is 5.69 Å². The molecule has 0 aliphatic carbocycles. The van der Waals surface area contributed by atoms with Crippen LogP contribution in [-0.2, 0) is 0 Å². The molecule has 0 bridgehead atoms. The van der Waals surface area contributed by atoms with Crippen LogP contribution in [0.3, 0.4) is 0 Å². The van der Waals surface area contributed by atoms with Gasteiger partial charge in [-0.3, -0.25) is 0 Å². The molecule has 1 aromatic rings. The number of aromatic nitrogens is 1. The van der Waals surface area contributed by atoms with E-state index < -0.39 is 0 Å². The van der Waals surface area contributed by atoms with E-state index in [1.54, 1.807) is 6.20 Å². The number of nitrogens with zero attached hydrogens (tertiary/aromatic N) is 1. The molecule has 0 spiro atoms. The first-order valence-corrected chi connectivity index (χ1v) is 5.43. The van der Waals surface area contributed by atoms with Crippen molar-refractivity contribution in [2.45, 2.75) is 33.7 Å². The van der Waals surface area contributed by atoms with Crippen molar-refractivity contribution in [3.8, 4) is 5.88 Å². The van der Waals surface area contributed by atoms with Crippen molar-refractivity contribution >= 4 is 5.69 Å². The fourth-order valence-electron chi connectivity index (χ4n) is 1.14. The molecule has 84 valence electrons. The molecule has 3 heteroatoms. The van der Waals surface area contributed by atoms with Gasteiger partial charge in [-0.25, -0.2) is 4.98 Å². The molecule has 0 atom stereocenters. The molecule has 1 aromatic heterocycles. The largest absolute Gasteiger partial charge is 0.477 e. The molecule has 0 saturated heterocycles. The quantitative estimate of drug-likeness (QED) is 0.807. The number of ether oxygens (including phenoxy) is 1. The average Bonchev–Trinajstić information content (AvgIpc) is 2.16. The maximum atomic E-state index is 5.49. The van der Waals surface area contributed by atoms with Gasteiger partial charge in [0.1, 0.15) is 0 Å². The molecule has 0 saturated carbocycles. The van der Waals surface area contributed by atoms with Gasteiger partial charge in [-0.15, -0.1) is 0 Å². The van der Waals surface area contributed by atoms with Crippen LogP contribution in [0.15, 0.2) is 18.3 Å². The van der Waals surface area contributed by atoms with Gasteiger partial charge in [-0.2, -0.15) is 0 Å².